The molecule has 0 bridgehead atoms. The zero-order valence-corrected chi connectivity index (χ0v) is 10.4. The first-order valence-electron chi connectivity index (χ1n) is 5.79. The standard InChI is InChI=1S/C13H16FNO3/c1-3-4-8(2)12(16)15-11-6-5-9(14)7-10(11)13(17)18/h5-8H,3-4H2,1-2H3,(H,15,16)(H,17,18). The summed E-state index contributed by atoms with van der Waals surface area (Å²) in [5, 5.41) is 11.4. The molecule has 0 aromatic heterocycles. The van der Waals surface area contributed by atoms with Crippen LogP contribution in [0.2, 0.25) is 0 Å². The van der Waals surface area contributed by atoms with E-state index in [1.165, 1.54) is 6.07 Å². The number of halogens is 1. The van der Waals surface area contributed by atoms with E-state index in [2.05, 4.69) is 5.32 Å². The fraction of sp³-hybridized carbons (Fsp3) is 0.385. The third-order valence-corrected chi connectivity index (χ3v) is 2.64. The summed E-state index contributed by atoms with van der Waals surface area (Å²) in [7, 11) is 0. The topological polar surface area (TPSA) is 66.4 Å². The number of carbonyl (C=O) groups excluding carboxylic acids is 1. The van der Waals surface area contributed by atoms with Crippen LogP contribution in [0.5, 0.6) is 0 Å². The summed E-state index contributed by atoms with van der Waals surface area (Å²) in [5.41, 5.74) is -0.121. The summed E-state index contributed by atoms with van der Waals surface area (Å²) in [6, 6.07) is 3.27. The van der Waals surface area contributed by atoms with Crippen molar-refractivity contribution < 1.29 is 19.1 Å². The molecule has 0 spiro atoms. The molecule has 1 rings (SSSR count). The smallest absolute Gasteiger partial charge is 0.337 e. The lowest BCUT2D eigenvalue weighted by Gasteiger charge is -2.12. The van der Waals surface area contributed by atoms with Crippen LogP contribution in [0, 0.1) is 11.7 Å². The Kier molecular flexibility index (Phi) is 4.83. The predicted molar refractivity (Wildman–Crippen MR) is 66.1 cm³/mol. The molecular weight excluding hydrogens is 237 g/mol. The third kappa shape index (κ3) is 3.55. The Morgan fingerprint density at radius 3 is 2.67 bits per heavy atom. The van der Waals surface area contributed by atoms with Gasteiger partial charge in [0.2, 0.25) is 5.91 Å². The molecule has 98 valence electrons. The third-order valence-electron chi connectivity index (χ3n) is 2.64. The van der Waals surface area contributed by atoms with Crippen molar-refractivity contribution in [1.29, 1.82) is 0 Å². The fourth-order valence-corrected chi connectivity index (χ4v) is 1.62. The number of hydrogen-bond donors (Lipinski definition) is 2. The quantitative estimate of drug-likeness (QED) is 0.847. The van der Waals surface area contributed by atoms with Gasteiger partial charge in [0.25, 0.3) is 0 Å². The van der Waals surface area contributed by atoms with Crippen molar-refractivity contribution in [3.8, 4) is 0 Å². The first-order valence-corrected chi connectivity index (χ1v) is 5.79. The Morgan fingerprint density at radius 1 is 1.44 bits per heavy atom. The Morgan fingerprint density at radius 2 is 2.11 bits per heavy atom. The van der Waals surface area contributed by atoms with E-state index in [0.717, 1.165) is 25.0 Å². The van der Waals surface area contributed by atoms with Crippen LogP contribution >= 0.6 is 0 Å². The molecule has 2 N–H and O–H groups in total. The molecule has 0 heterocycles. The van der Waals surface area contributed by atoms with Gasteiger partial charge in [-0.15, -0.1) is 0 Å². The van der Waals surface area contributed by atoms with Gasteiger partial charge in [0.1, 0.15) is 5.82 Å². The average Bonchev–Trinajstić information content (AvgIpc) is 2.31. The molecule has 1 aromatic carbocycles. The highest BCUT2D eigenvalue weighted by Crippen LogP contribution is 2.18. The first-order chi connectivity index (χ1) is 8.45. The number of carboxylic acids is 1. The largest absolute Gasteiger partial charge is 0.478 e. The van der Waals surface area contributed by atoms with Crippen molar-refractivity contribution >= 4 is 17.6 Å². The zero-order valence-electron chi connectivity index (χ0n) is 10.4. The molecule has 1 unspecified atom stereocenters. The minimum Gasteiger partial charge on any atom is -0.478 e. The highest BCUT2D eigenvalue weighted by atomic mass is 19.1. The van der Waals surface area contributed by atoms with Gasteiger partial charge >= 0.3 is 5.97 Å². The van der Waals surface area contributed by atoms with Crippen LogP contribution in [-0.2, 0) is 4.79 Å². The average molecular weight is 253 g/mol. The van der Waals surface area contributed by atoms with E-state index in [9.17, 15) is 14.0 Å². The van der Waals surface area contributed by atoms with Crippen molar-refractivity contribution in [2.24, 2.45) is 5.92 Å². The monoisotopic (exact) mass is 253 g/mol. The van der Waals surface area contributed by atoms with Crippen molar-refractivity contribution in [2.75, 3.05) is 5.32 Å². The minimum absolute atomic E-state index is 0.122. The van der Waals surface area contributed by atoms with Crippen LogP contribution in [0.3, 0.4) is 0 Å². The van der Waals surface area contributed by atoms with E-state index in [1.807, 2.05) is 6.92 Å². The van der Waals surface area contributed by atoms with Gasteiger partial charge in [-0.25, -0.2) is 9.18 Å². The molecule has 0 fully saturated rings. The Hall–Kier alpha value is -1.91. The van der Waals surface area contributed by atoms with Crippen molar-refractivity contribution in [3.05, 3.63) is 29.6 Å². The number of nitrogens with one attached hydrogen (secondary N) is 1. The molecule has 18 heavy (non-hydrogen) atoms. The SMILES string of the molecule is CCCC(C)C(=O)Nc1ccc(F)cc1C(=O)O. The molecule has 0 radical (unpaired) electrons. The summed E-state index contributed by atoms with van der Waals surface area (Å²) in [5.74, 6) is -2.38. The second-order valence-electron chi connectivity index (χ2n) is 4.17. The van der Waals surface area contributed by atoms with Gasteiger partial charge in [0, 0.05) is 5.92 Å². The molecule has 0 aliphatic heterocycles. The fourth-order valence-electron chi connectivity index (χ4n) is 1.62. The molecule has 0 aliphatic rings. The second kappa shape index (κ2) is 6.14. The van der Waals surface area contributed by atoms with Crippen LogP contribution in [0.4, 0.5) is 10.1 Å². The zero-order chi connectivity index (χ0) is 13.7. The number of amides is 1. The molecule has 1 aromatic rings. The molecule has 0 saturated carbocycles. The Bertz CT molecular complexity index is 460. The summed E-state index contributed by atoms with van der Waals surface area (Å²) in [6.45, 7) is 3.73. The molecule has 4 nitrogen and oxygen atoms in total. The highest BCUT2D eigenvalue weighted by molar-refractivity contribution is 6.01. The summed E-state index contributed by atoms with van der Waals surface area (Å²) >= 11 is 0. The maximum Gasteiger partial charge on any atom is 0.337 e. The lowest BCUT2D eigenvalue weighted by atomic mass is 10.0. The number of carbonyl (C=O) groups is 2. The first kappa shape index (κ1) is 14.2. The van der Waals surface area contributed by atoms with E-state index in [1.54, 1.807) is 6.92 Å². The predicted octanol–water partition coefficient (Wildman–Crippen LogP) is 2.90. The van der Waals surface area contributed by atoms with Gasteiger partial charge in [-0.3, -0.25) is 4.79 Å². The van der Waals surface area contributed by atoms with Crippen molar-refractivity contribution in [2.45, 2.75) is 26.7 Å². The maximum atomic E-state index is 12.9. The number of rotatable bonds is 5. The molecule has 1 atom stereocenters. The van der Waals surface area contributed by atoms with Gasteiger partial charge in [-0.1, -0.05) is 20.3 Å². The van der Waals surface area contributed by atoms with E-state index >= 15 is 0 Å². The molecular formula is C13H16FNO3. The van der Waals surface area contributed by atoms with E-state index in [0.29, 0.717) is 0 Å². The van der Waals surface area contributed by atoms with Gasteiger partial charge in [-0.2, -0.15) is 0 Å². The van der Waals surface area contributed by atoms with Gasteiger partial charge in [-0.05, 0) is 24.6 Å². The van der Waals surface area contributed by atoms with Crippen LogP contribution in [0.15, 0.2) is 18.2 Å². The molecule has 1 amide bonds. The van der Waals surface area contributed by atoms with Crippen LogP contribution < -0.4 is 5.32 Å². The Labute approximate surface area is 105 Å². The van der Waals surface area contributed by atoms with Crippen molar-refractivity contribution in [3.63, 3.8) is 0 Å². The van der Waals surface area contributed by atoms with E-state index in [-0.39, 0.29) is 23.1 Å². The van der Waals surface area contributed by atoms with Crippen molar-refractivity contribution in [1.82, 2.24) is 0 Å². The van der Waals surface area contributed by atoms with E-state index in [4.69, 9.17) is 5.11 Å². The molecule has 0 saturated heterocycles. The Balaban J connectivity index is 2.90. The van der Waals surface area contributed by atoms with Gasteiger partial charge in [0.15, 0.2) is 0 Å². The summed E-state index contributed by atoms with van der Waals surface area (Å²) in [4.78, 5) is 22.7. The van der Waals surface area contributed by atoms with Crippen LogP contribution in [0.25, 0.3) is 0 Å². The second-order valence-corrected chi connectivity index (χ2v) is 4.17. The van der Waals surface area contributed by atoms with Crippen LogP contribution in [-0.4, -0.2) is 17.0 Å². The number of anilines is 1. The maximum absolute atomic E-state index is 12.9. The normalized spacial score (nSPS) is 11.9. The summed E-state index contributed by atoms with van der Waals surface area (Å²) < 4.78 is 12.9. The number of hydrogen-bond acceptors (Lipinski definition) is 2. The van der Waals surface area contributed by atoms with Gasteiger partial charge in [0.05, 0.1) is 11.3 Å². The van der Waals surface area contributed by atoms with Gasteiger partial charge < -0.3 is 10.4 Å². The van der Waals surface area contributed by atoms with Crippen LogP contribution in [0.1, 0.15) is 37.0 Å². The minimum atomic E-state index is -1.27. The molecule has 0 aliphatic carbocycles. The number of carboxylic acid groups (broad SMARTS) is 1. The summed E-state index contributed by atoms with van der Waals surface area (Å²) in [6.07, 6.45) is 1.58. The highest BCUT2D eigenvalue weighted by Gasteiger charge is 2.16. The lowest BCUT2D eigenvalue weighted by Crippen LogP contribution is -2.21. The number of aromatic carboxylic acids is 1. The number of benzene rings is 1. The molecule has 5 heteroatoms. The lowest BCUT2D eigenvalue weighted by molar-refractivity contribution is -0.119. The van der Waals surface area contributed by atoms with E-state index < -0.39 is 11.8 Å².